The second-order valence-electron chi connectivity index (χ2n) is 4.41. The van der Waals surface area contributed by atoms with Gasteiger partial charge in [0.05, 0.1) is 6.04 Å². The highest BCUT2D eigenvalue weighted by atomic mass is 35.5. The molecule has 0 spiro atoms. The smallest absolute Gasteiger partial charge is 0.255 e. The van der Waals surface area contributed by atoms with Gasteiger partial charge < -0.3 is 15.4 Å². The molecule has 0 aromatic heterocycles. The number of carbonyl (C=O) groups is 3. The molecule has 2 N–H and O–H groups in total. The van der Waals surface area contributed by atoms with Gasteiger partial charge in [0.25, 0.3) is 5.91 Å². The maximum atomic E-state index is 12.2. The predicted molar refractivity (Wildman–Crippen MR) is 69.6 cm³/mol. The van der Waals surface area contributed by atoms with Crippen LogP contribution in [0.25, 0.3) is 0 Å². The number of amides is 2. The van der Waals surface area contributed by atoms with Gasteiger partial charge in [-0.1, -0.05) is 17.7 Å². The zero-order valence-electron chi connectivity index (χ0n) is 10.1. The van der Waals surface area contributed by atoms with Gasteiger partial charge in [0.15, 0.2) is 0 Å². The van der Waals surface area contributed by atoms with Crippen LogP contribution in [0.1, 0.15) is 28.8 Å². The normalized spacial score (nSPS) is 15.2. The minimum atomic E-state index is -0.650. The van der Waals surface area contributed by atoms with Crippen molar-refractivity contribution in [2.75, 3.05) is 0 Å². The van der Waals surface area contributed by atoms with E-state index < -0.39 is 11.9 Å². The van der Waals surface area contributed by atoms with Gasteiger partial charge in [-0.15, -0.1) is 0 Å². The van der Waals surface area contributed by atoms with E-state index in [0.29, 0.717) is 16.9 Å². The SMILES string of the molecule is NC(=O)CCC(C=O)N1Cc2c(Cl)cccc2C1=O. The van der Waals surface area contributed by atoms with E-state index in [1.54, 1.807) is 18.2 Å². The van der Waals surface area contributed by atoms with Gasteiger partial charge >= 0.3 is 0 Å². The highest BCUT2D eigenvalue weighted by molar-refractivity contribution is 6.32. The quantitative estimate of drug-likeness (QED) is 0.821. The molecule has 2 rings (SSSR count). The molecule has 2 amide bonds. The van der Waals surface area contributed by atoms with E-state index in [-0.39, 0.29) is 25.3 Å². The number of halogens is 1. The van der Waals surface area contributed by atoms with E-state index in [0.717, 1.165) is 5.56 Å². The van der Waals surface area contributed by atoms with Gasteiger partial charge in [-0.3, -0.25) is 9.59 Å². The maximum absolute atomic E-state index is 12.2. The lowest BCUT2D eigenvalue weighted by molar-refractivity contribution is -0.118. The summed E-state index contributed by atoms with van der Waals surface area (Å²) in [5.41, 5.74) is 6.29. The van der Waals surface area contributed by atoms with Crippen molar-refractivity contribution in [2.45, 2.75) is 25.4 Å². The van der Waals surface area contributed by atoms with Crippen molar-refractivity contribution in [1.29, 1.82) is 0 Å². The molecule has 19 heavy (non-hydrogen) atoms. The zero-order chi connectivity index (χ0) is 14.0. The molecule has 0 saturated carbocycles. The predicted octanol–water partition coefficient (Wildman–Crippen LogP) is 1.13. The van der Waals surface area contributed by atoms with Crippen molar-refractivity contribution in [3.05, 3.63) is 34.3 Å². The minimum absolute atomic E-state index is 0.0667. The summed E-state index contributed by atoms with van der Waals surface area (Å²) < 4.78 is 0. The van der Waals surface area contributed by atoms with Crippen LogP contribution in [-0.4, -0.2) is 29.0 Å². The number of hydrogen-bond donors (Lipinski definition) is 1. The highest BCUT2D eigenvalue weighted by Gasteiger charge is 2.33. The Morgan fingerprint density at radius 1 is 1.53 bits per heavy atom. The molecule has 1 atom stereocenters. The van der Waals surface area contributed by atoms with Crippen LogP contribution in [0, 0.1) is 0 Å². The maximum Gasteiger partial charge on any atom is 0.255 e. The molecule has 0 bridgehead atoms. The minimum Gasteiger partial charge on any atom is -0.370 e. The number of primary amides is 1. The molecule has 1 unspecified atom stereocenters. The third kappa shape index (κ3) is 2.61. The summed E-state index contributed by atoms with van der Waals surface area (Å²) in [4.78, 5) is 35.5. The molecule has 6 heteroatoms. The number of nitrogens with two attached hydrogens (primary N) is 1. The summed E-state index contributed by atoms with van der Waals surface area (Å²) in [7, 11) is 0. The first-order valence-electron chi connectivity index (χ1n) is 5.86. The summed E-state index contributed by atoms with van der Waals surface area (Å²) in [6, 6.07) is 4.43. The zero-order valence-corrected chi connectivity index (χ0v) is 10.9. The Labute approximate surface area is 115 Å². The average Bonchev–Trinajstić information content (AvgIpc) is 2.70. The number of carbonyl (C=O) groups excluding carboxylic acids is 3. The number of nitrogens with zero attached hydrogens (tertiary/aromatic N) is 1. The van der Waals surface area contributed by atoms with Gasteiger partial charge in [-0.25, -0.2) is 0 Å². The third-order valence-electron chi connectivity index (χ3n) is 3.18. The summed E-state index contributed by atoms with van der Waals surface area (Å²) in [6.45, 7) is 0.288. The van der Waals surface area contributed by atoms with E-state index >= 15 is 0 Å². The average molecular weight is 281 g/mol. The van der Waals surface area contributed by atoms with E-state index in [1.807, 2.05) is 0 Å². The summed E-state index contributed by atoms with van der Waals surface area (Å²) in [5, 5.41) is 0.507. The molecule has 0 aliphatic carbocycles. The number of rotatable bonds is 5. The van der Waals surface area contributed by atoms with Gasteiger partial charge in [-0.05, 0) is 18.6 Å². The molecular weight excluding hydrogens is 268 g/mol. The van der Waals surface area contributed by atoms with E-state index in [2.05, 4.69) is 0 Å². The first-order chi connectivity index (χ1) is 9.04. The van der Waals surface area contributed by atoms with Gasteiger partial charge in [0.1, 0.15) is 6.29 Å². The van der Waals surface area contributed by atoms with Crippen LogP contribution in [0.5, 0.6) is 0 Å². The van der Waals surface area contributed by atoms with Crippen molar-refractivity contribution in [1.82, 2.24) is 4.90 Å². The largest absolute Gasteiger partial charge is 0.370 e. The molecule has 0 saturated heterocycles. The molecule has 100 valence electrons. The van der Waals surface area contributed by atoms with Crippen LogP contribution in [0.3, 0.4) is 0 Å². The molecule has 1 heterocycles. The molecule has 1 aromatic rings. The first kappa shape index (κ1) is 13.5. The fraction of sp³-hybridized carbons (Fsp3) is 0.308. The molecule has 1 aliphatic rings. The Hall–Kier alpha value is -1.88. The lowest BCUT2D eigenvalue weighted by Crippen LogP contribution is -2.37. The third-order valence-corrected chi connectivity index (χ3v) is 3.54. The van der Waals surface area contributed by atoms with Crippen molar-refractivity contribution in [3.8, 4) is 0 Å². The molecule has 1 aromatic carbocycles. The Balaban J connectivity index is 2.20. The van der Waals surface area contributed by atoms with Gasteiger partial charge in [0, 0.05) is 29.1 Å². The second kappa shape index (κ2) is 5.40. The standard InChI is InChI=1S/C13H13ClN2O3/c14-11-3-1-2-9-10(11)6-16(13(9)19)8(7-17)4-5-12(15)18/h1-3,7-8H,4-6H2,(H2,15,18). The van der Waals surface area contributed by atoms with Gasteiger partial charge in [-0.2, -0.15) is 0 Å². The number of fused-ring (bicyclic) bond motifs is 1. The second-order valence-corrected chi connectivity index (χ2v) is 4.81. The van der Waals surface area contributed by atoms with Crippen molar-refractivity contribution in [2.24, 2.45) is 5.73 Å². The molecule has 0 fully saturated rings. The van der Waals surface area contributed by atoms with Crippen LogP contribution in [0.2, 0.25) is 5.02 Å². The van der Waals surface area contributed by atoms with Crippen molar-refractivity contribution in [3.63, 3.8) is 0 Å². The molecule has 5 nitrogen and oxygen atoms in total. The Morgan fingerprint density at radius 2 is 2.26 bits per heavy atom. The number of benzene rings is 1. The number of hydrogen-bond acceptors (Lipinski definition) is 3. The fourth-order valence-corrected chi connectivity index (χ4v) is 2.41. The first-order valence-corrected chi connectivity index (χ1v) is 6.24. The van der Waals surface area contributed by atoms with Crippen molar-refractivity contribution >= 4 is 29.7 Å². The summed E-state index contributed by atoms with van der Waals surface area (Å²) in [5.74, 6) is -0.729. The van der Waals surface area contributed by atoms with Crippen LogP contribution >= 0.6 is 11.6 Å². The lowest BCUT2D eigenvalue weighted by Gasteiger charge is -2.22. The fourth-order valence-electron chi connectivity index (χ4n) is 2.17. The van der Waals surface area contributed by atoms with Gasteiger partial charge in [0.2, 0.25) is 5.91 Å². The highest BCUT2D eigenvalue weighted by Crippen LogP contribution is 2.30. The number of aldehydes is 1. The summed E-state index contributed by atoms with van der Waals surface area (Å²) >= 11 is 6.03. The van der Waals surface area contributed by atoms with Crippen LogP contribution in [0.15, 0.2) is 18.2 Å². The molecule has 0 radical (unpaired) electrons. The van der Waals surface area contributed by atoms with E-state index in [9.17, 15) is 14.4 Å². The Kier molecular flexibility index (Phi) is 3.85. The Morgan fingerprint density at radius 3 is 2.84 bits per heavy atom. The van der Waals surface area contributed by atoms with Crippen LogP contribution in [-0.2, 0) is 16.1 Å². The monoisotopic (exact) mass is 280 g/mol. The van der Waals surface area contributed by atoms with Crippen LogP contribution in [0.4, 0.5) is 0 Å². The van der Waals surface area contributed by atoms with Crippen molar-refractivity contribution < 1.29 is 14.4 Å². The summed E-state index contributed by atoms with van der Waals surface area (Å²) in [6.07, 6.45) is 0.966. The van der Waals surface area contributed by atoms with E-state index in [1.165, 1.54) is 4.90 Å². The lowest BCUT2D eigenvalue weighted by atomic mass is 10.1. The Bertz CT molecular complexity index is 545. The van der Waals surface area contributed by atoms with E-state index in [4.69, 9.17) is 17.3 Å². The topological polar surface area (TPSA) is 80.5 Å². The van der Waals surface area contributed by atoms with Crippen LogP contribution < -0.4 is 5.73 Å². The molecular formula is C13H13ClN2O3. The molecule has 1 aliphatic heterocycles.